The molecule has 0 N–H and O–H groups in total. The molecule has 0 bridgehead atoms. The third kappa shape index (κ3) is 3.81. The number of aryl methyl sites for hydroxylation is 2. The lowest BCUT2D eigenvalue weighted by Gasteiger charge is -2.37. The molecule has 1 fully saturated rings. The fourth-order valence-corrected chi connectivity index (χ4v) is 4.00. The van der Waals surface area contributed by atoms with Crippen molar-refractivity contribution < 1.29 is 4.79 Å². The van der Waals surface area contributed by atoms with Gasteiger partial charge in [0.1, 0.15) is 0 Å². The van der Waals surface area contributed by atoms with Gasteiger partial charge in [-0.05, 0) is 42.1 Å². The highest BCUT2D eigenvalue weighted by molar-refractivity contribution is 6.30. The Hall–Kier alpha value is -2.46. The van der Waals surface area contributed by atoms with Gasteiger partial charge in [-0.25, -0.2) is 0 Å². The molecule has 1 aliphatic heterocycles. The van der Waals surface area contributed by atoms with Crippen LogP contribution in [0.4, 0.5) is 5.69 Å². The summed E-state index contributed by atoms with van der Waals surface area (Å²) in [6.07, 6.45) is 2.60. The Labute approximate surface area is 164 Å². The maximum absolute atomic E-state index is 12.7. The van der Waals surface area contributed by atoms with E-state index in [9.17, 15) is 4.79 Å². The molecule has 2 heterocycles. The van der Waals surface area contributed by atoms with Crippen LogP contribution in [0.25, 0.3) is 10.9 Å². The number of halogens is 1. The third-order valence-corrected chi connectivity index (χ3v) is 5.63. The second-order valence-corrected chi connectivity index (χ2v) is 7.55. The van der Waals surface area contributed by atoms with Crippen molar-refractivity contribution in [2.24, 2.45) is 0 Å². The van der Waals surface area contributed by atoms with Crippen molar-refractivity contribution in [2.75, 3.05) is 31.1 Å². The molecule has 0 unspecified atom stereocenters. The van der Waals surface area contributed by atoms with Crippen LogP contribution in [0, 0.1) is 6.92 Å². The van der Waals surface area contributed by atoms with Gasteiger partial charge >= 0.3 is 0 Å². The van der Waals surface area contributed by atoms with Crippen molar-refractivity contribution in [1.82, 2.24) is 9.47 Å². The van der Waals surface area contributed by atoms with E-state index in [4.69, 9.17) is 11.6 Å². The lowest BCUT2D eigenvalue weighted by atomic mass is 10.1. The van der Waals surface area contributed by atoms with E-state index < -0.39 is 0 Å². The average Bonchev–Trinajstić information content (AvgIpc) is 3.11. The third-order valence-electron chi connectivity index (χ3n) is 5.39. The number of hydrogen-bond donors (Lipinski definition) is 0. The van der Waals surface area contributed by atoms with Gasteiger partial charge in [0, 0.05) is 61.6 Å². The zero-order valence-corrected chi connectivity index (χ0v) is 16.3. The maximum Gasteiger partial charge on any atom is 0.224 e. The van der Waals surface area contributed by atoms with Crippen molar-refractivity contribution in [3.8, 4) is 0 Å². The largest absolute Gasteiger partial charge is 0.368 e. The first-order valence-electron chi connectivity index (χ1n) is 9.44. The lowest BCUT2D eigenvalue weighted by molar-refractivity contribution is -0.131. The summed E-state index contributed by atoms with van der Waals surface area (Å²) in [6.45, 7) is 6.04. The van der Waals surface area contributed by atoms with Crippen LogP contribution >= 0.6 is 11.6 Å². The first-order chi connectivity index (χ1) is 13.1. The average molecular weight is 382 g/mol. The number of rotatable bonds is 4. The van der Waals surface area contributed by atoms with Gasteiger partial charge in [0.25, 0.3) is 0 Å². The molecule has 0 radical (unpaired) electrons. The second-order valence-electron chi connectivity index (χ2n) is 7.12. The molecule has 2 aromatic carbocycles. The Morgan fingerprint density at radius 1 is 1.04 bits per heavy atom. The van der Waals surface area contributed by atoms with E-state index in [0.29, 0.717) is 6.42 Å². The fourth-order valence-electron chi connectivity index (χ4n) is 3.83. The van der Waals surface area contributed by atoms with Crippen LogP contribution in [0.3, 0.4) is 0 Å². The van der Waals surface area contributed by atoms with Crippen molar-refractivity contribution in [1.29, 1.82) is 0 Å². The standard InChI is InChI=1S/C22H24ClN3O/c1-17-6-7-19(23)16-21(17)25-12-14-26(15-13-25)22(27)9-11-24-10-8-18-4-2-3-5-20(18)24/h2-8,10,16H,9,11-15H2,1H3. The second kappa shape index (κ2) is 7.65. The molecule has 27 heavy (non-hydrogen) atoms. The molecule has 1 saturated heterocycles. The van der Waals surface area contributed by atoms with Gasteiger partial charge in [0.05, 0.1) is 0 Å². The van der Waals surface area contributed by atoms with Crippen LogP contribution < -0.4 is 4.90 Å². The summed E-state index contributed by atoms with van der Waals surface area (Å²) in [6, 6.07) is 16.4. The molecule has 0 aliphatic carbocycles. The SMILES string of the molecule is Cc1ccc(Cl)cc1N1CCN(C(=O)CCn2ccc3ccccc32)CC1. The van der Waals surface area contributed by atoms with Crippen molar-refractivity contribution in [2.45, 2.75) is 19.9 Å². The summed E-state index contributed by atoms with van der Waals surface area (Å²) in [5, 5.41) is 1.98. The minimum absolute atomic E-state index is 0.232. The van der Waals surface area contributed by atoms with Gasteiger partial charge in [-0.3, -0.25) is 4.79 Å². The van der Waals surface area contributed by atoms with Crippen LogP contribution in [-0.4, -0.2) is 41.6 Å². The van der Waals surface area contributed by atoms with Crippen molar-refractivity contribution in [3.63, 3.8) is 0 Å². The van der Waals surface area contributed by atoms with E-state index in [2.05, 4.69) is 46.9 Å². The normalized spacial score (nSPS) is 14.7. The van der Waals surface area contributed by atoms with E-state index in [1.807, 2.05) is 29.2 Å². The van der Waals surface area contributed by atoms with E-state index in [1.165, 1.54) is 22.2 Å². The van der Waals surface area contributed by atoms with Crippen LogP contribution in [-0.2, 0) is 11.3 Å². The first kappa shape index (κ1) is 17.9. The number of amides is 1. The molecular formula is C22H24ClN3O. The summed E-state index contributed by atoms with van der Waals surface area (Å²) >= 11 is 6.15. The maximum atomic E-state index is 12.7. The number of aromatic nitrogens is 1. The number of carbonyl (C=O) groups is 1. The Morgan fingerprint density at radius 2 is 1.81 bits per heavy atom. The molecule has 0 atom stereocenters. The smallest absolute Gasteiger partial charge is 0.224 e. The number of para-hydroxylation sites is 1. The molecular weight excluding hydrogens is 358 g/mol. The minimum Gasteiger partial charge on any atom is -0.368 e. The number of carbonyl (C=O) groups excluding carboxylic acids is 1. The van der Waals surface area contributed by atoms with Gasteiger partial charge in [-0.2, -0.15) is 0 Å². The summed E-state index contributed by atoms with van der Waals surface area (Å²) in [7, 11) is 0. The summed E-state index contributed by atoms with van der Waals surface area (Å²) in [5.41, 5.74) is 3.58. The van der Waals surface area contributed by atoms with Crippen LogP contribution in [0.15, 0.2) is 54.7 Å². The zero-order chi connectivity index (χ0) is 18.8. The van der Waals surface area contributed by atoms with Crippen molar-refractivity contribution in [3.05, 3.63) is 65.3 Å². The molecule has 0 spiro atoms. The molecule has 140 valence electrons. The molecule has 0 saturated carbocycles. The highest BCUT2D eigenvalue weighted by atomic mass is 35.5. The van der Waals surface area contributed by atoms with Gasteiger partial charge < -0.3 is 14.4 Å². The number of benzene rings is 2. The van der Waals surface area contributed by atoms with Crippen molar-refractivity contribution >= 4 is 34.1 Å². The van der Waals surface area contributed by atoms with Gasteiger partial charge in [-0.1, -0.05) is 35.9 Å². The van der Waals surface area contributed by atoms with Crippen LogP contribution in [0.2, 0.25) is 5.02 Å². The molecule has 5 heteroatoms. The number of anilines is 1. The quantitative estimate of drug-likeness (QED) is 0.672. The molecule has 3 aromatic rings. The number of hydrogen-bond acceptors (Lipinski definition) is 2. The topological polar surface area (TPSA) is 28.5 Å². The molecule has 1 aliphatic rings. The molecule has 4 rings (SSSR count). The first-order valence-corrected chi connectivity index (χ1v) is 9.82. The Morgan fingerprint density at radius 3 is 2.63 bits per heavy atom. The Balaban J connectivity index is 1.34. The van der Waals surface area contributed by atoms with Crippen LogP contribution in [0.1, 0.15) is 12.0 Å². The number of piperazine rings is 1. The zero-order valence-electron chi connectivity index (χ0n) is 15.6. The highest BCUT2D eigenvalue weighted by Crippen LogP contribution is 2.25. The molecule has 1 amide bonds. The van der Waals surface area contributed by atoms with Gasteiger partial charge in [-0.15, -0.1) is 0 Å². The number of fused-ring (bicyclic) bond motifs is 1. The molecule has 4 nitrogen and oxygen atoms in total. The fraction of sp³-hybridized carbons (Fsp3) is 0.318. The lowest BCUT2D eigenvalue weighted by Crippen LogP contribution is -2.49. The Kier molecular flexibility index (Phi) is 5.08. The van der Waals surface area contributed by atoms with Crippen LogP contribution in [0.5, 0.6) is 0 Å². The Bertz CT molecular complexity index is 957. The van der Waals surface area contributed by atoms with Gasteiger partial charge in [0.15, 0.2) is 0 Å². The van der Waals surface area contributed by atoms with Gasteiger partial charge in [0.2, 0.25) is 5.91 Å². The summed E-state index contributed by atoms with van der Waals surface area (Å²) < 4.78 is 2.17. The van der Waals surface area contributed by atoms with E-state index in [1.54, 1.807) is 0 Å². The molecule has 1 aromatic heterocycles. The highest BCUT2D eigenvalue weighted by Gasteiger charge is 2.22. The predicted octanol–water partition coefficient (Wildman–Crippen LogP) is 4.34. The number of nitrogens with zero attached hydrogens (tertiary/aromatic N) is 3. The minimum atomic E-state index is 0.232. The summed E-state index contributed by atoms with van der Waals surface area (Å²) in [4.78, 5) is 17.0. The monoisotopic (exact) mass is 381 g/mol. The van der Waals surface area contributed by atoms with E-state index in [-0.39, 0.29) is 5.91 Å². The predicted molar refractivity (Wildman–Crippen MR) is 112 cm³/mol. The van der Waals surface area contributed by atoms with E-state index >= 15 is 0 Å². The van der Waals surface area contributed by atoms with E-state index in [0.717, 1.165) is 37.7 Å². The summed E-state index contributed by atoms with van der Waals surface area (Å²) in [5.74, 6) is 0.232.